The zero-order valence-corrected chi connectivity index (χ0v) is 14.7. The van der Waals surface area contributed by atoms with Gasteiger partial charge in [-0.25, -0.2) is 0 Å². The van der Waals surface area contributed by atoms with E-state index >= 15 is 0 Å². The summed E-state index contributed by atoms with van der Waals surface area (Å²) in [4.78, 5) is 23.9. The molecule has 3 unspecified atom stereocenters. The Morgan fingerprint density at radius 2 is 1.65 bits per heavy atom. The van der Waals surface area contributed by atoms with Gasteiger partial charge in [-0.2, -0.15) is 0 Å². The van der Waals surface area contributed by atoms with Crippen LogP contribution in [0.2, 0.25) is 0 Å². The van der Waals surface area contributed by atoms with Gasteiger partial charge in [-0.1, -0.05) is 42.5 Å². The van der Waals surface area contributed by atoms with E-state index in [1.54, 1.807) is 0 Å². The normalized spacial score (nSPS) is 19.9. The third-order valence-corrected chi connectivity index (χ3v) is 4.87. The van der Waals surface area contributed by atoms with Gasteiger partial charge < -0.3 is 15.2 Å². The summed E-state index contributed by atoms with van der Waals surface area (Å²) in [5.41, 5.74) is 1.88. The summed E-state index contributed by atoms with van der Waals surface area (Å²) in [5.74, 6) is -1.35. The molecule has 1 aliphatic rings. The Balaban J connectivity index is 1.82. The molecule has 2 aromatic carbocycles. The Morgan fingerprint density at radius 1 is 1.04 bits per heavy atom. The number of carboxylic acids is 1. The van der Waals surface area contributed by atoms with Gasteiger partial charge in [-0.05, 0) is 43.0 Å². The van der Waals surface area contributed by atoms with Gasteiger partial charge in [-0.3, -0.25) is 9.59 Å². The van der Waals surface area contributed by atoms with E-state index in [4.69, 9.17) is 4.74 Å². The number of carboxylic acid groups (broad SMARTS) is 1. The molecule has 0 radical (unpaired) electrons. The van der Waals surface area contributed by atoms with Crippen molar-refractivity contribution < 1.29 is 19.4 Å². The molecule has 0 heterocycles. The lowest BCUT2D eigenvalue weighted by atomic mass is 9.73. The van der Waals surface area contributed by atoms with E-state index in [2.05, 4.69) is 5.32 Å². The molecule has 1 fully saturated rings. The first kappa shape index (κ1) is 18.0. The van der Waals surface area contributed by atoms with Crippen LogP contribution in [-0.2, 0) is 9.59 Å². The first-order valence-electron chi connectivity index (χ1n) is 8.91. The largest absolute Gasteiger partial charge is 0.494 e. The second-order valence-electron chi connectivity index (χ2n) is 6.48. The van der Waals surface area contributed by atoms with Crippen LogP contribution < -0.4 is 10.1 Å². The summed E-state index contributed by atoms with van der Waals surface area (Å²) in [6, 6.07) is 17.0. The van der Waals surface area contributed by atoms with Crippen molar-refractivity contribution in [2.75, 3.05) is 6.61 Å². The topological polar surface area (TPSA) is 75.6 Å². The monoisotopic (exact) mass is 353 g/mol. The fourth-order valence-corrected chi connectivity index (χ4v) is 3.29. The fourth-order valence-electron chi connectivity index (χ4n) is 3.29. The Kier molecular flexibility index (Phi) is 5.56. The van der Waals surface area contributed by atoms with E-state index in [9.17, 15) is 14.7 Å². The molecule has 0 spiro atoms. The minimum absolute atomic E-state index is 0.202. The van der Waals surface area contributed by atoms with E-state index < -0.39 is 17.8 Å². The van der Waals surface area contributed by atoms with Crippen molar-refractivity contribution in [2.45, 2.75) is 25.8 Å². The van der Waals surface area contributed by atoms with Crippen LogP contribution in [0.1, 0.15) is 36.9 Å². The van der Waals surface area contributed by atoms with Crippen LogP contribution in [0.3, 0.4) is 0 Å². The van der Waals surface area contributed by atoms with Crippen molar-refractivity contribution in [3.05, 3.63) is 65.7 Å². The van der Waals surface area contributed by atoms with Gasteiger partial charge in [0.1, 0.15) is 5.75 Å². The quantitative estimate of drug-likeness (QED) is 0.800. The van der Waals surface area contributed by atoms with Crippen molar-refractivity contribution in [1.82, 2.24) is 5.32 Å². The Bertz CT molecular complexity index is 757. The Labute approximate surface area is 153 Å². The molecular formula is C21H23NO4. The molecule has 5 nitrogen and oxygen atoms in total. The highest BCUT2D eigenvalue weighted by Gasteiger charge is 2.42. The number of carbonyl (C=O) groups excluding carboxylic acids is 1. The first-order valence-corrected chi connectivity index (χ1v) is 8.91. The van der Waals surface area contributed by atoms with Gasteiger partial charge in [0.15, 0.2) is 0 Å². The standard InChI is InChI=1S/C21H23NO4/c1-2-26-16-10-8-15(9-11-16)19(14-6-4-3-5-7-14)22-20(23)17-12-13-18(17)21(24)25/h3-11,17-19H,2,12-13H2,1H3,(H,22,23)(H,24,25). The molecule has 1 saturated carbocycles. The van der Waals surface area contributed by atoms with E-state index in [1.165, 1.54) is 0 Å². The van der Waals surface area contributed by atoms with Gasteiger partial charge in [0.25, 0.3) is 0 Å². The smallest absolute Gasteiger partial charge is 0.307 e. The van der Waals surface area contributed by atoms with Gasteiger partial charge >= 0.3 is 5.97 Å². The third-order valence-electron chi connectivity index (χ3n) is 4.87. The van der Waals surface area contributed by atoms with E-state index in [0.29, 0.717) is 19.4 Å². The second-order valence-corrected chi connectivity index (χ2v) is 6.48. The Morgan fingerprint density at radius 3 is 2.19 bits per heavy atom. The molecule has 0 aromatic heterocycles. The molecule has 1 aliphatic carbocycles. The van der Waals surface area contributed by atoms with Crippen molar-refractivity contribution in [3.8, 4) is 5.75 Å². The maximum Gasteiger partial charge on any atom is 0.307 e. The summed E-state index contributed by atoms with van der Waals surface area (Å²) >= 11 is 0. The number of carbonyl (C=O) groups is 2. The first-order chi connectivity index (χ1) is 12.6. The van der Waals surface area contributed by atoms with E-state index in [1.807, 2.05) is 61.5 Å². The maximum absolute atomic E-state index is 12.7. The molecule has 136 valence electrons. The maximum atomic E-state index is 12.7. The van der Waals surface area contributed by atoms with Gasteiger partial charge in [0, 0.05) is 0 Å². The van der Waals surface area contributed by atoms with Crippen LogP contribution in [0.25, 0.3) is 0 Å². The highest BCUT2D eigenvalue weighted by atomic mass is 16.5. The molecule has 2 N–H and O–H groups in total. The molecule has 0 bridgehead atoms. The number of hydrogen-bond donors (Lipinski definition) is 2. The van der Waals surface area contributed by atoms with E-state index in [-0.39, 0.29) is 11.9 Å². The Hall–Kier alpha value is -2.82. The predicted octanol–water partition coefficient (Wildman–Crippen LogP) is 3.40. The van der Waals surface area contributed by atoms with Crippen LogP contribution in [0.15, 0.2) is 54.6 Å². The fraction of sp³-hybridized carbons (Fsp3) is 0.333. The van der Waals surface area contributed by atoms with Crippen LogP contribution in [0, 0.1) is 11.8 Å². The molecule has 1 amide bonds. The van der Waals surface area contributed by atoms with Crippen molar-refractivity contribution in [3.63, 3.8) is 0 Å². The molecule has 3 rings (SSSR count). The minimum Gasteiger partial charge on any atom is -0.494 e. The van der Waals surface area contributed by atoms with Crippen LogP contribution in [0.5, 0.6) is 5.75 Å². The van der Waals surface area contributed by atoms with Crippen LogP contribution in [0.4, 0.5) is 0 Å². The highest BCUT2D eigenvalue weighted by Crippen LogP contribution is 2.35. The van der Waals surface area contributed by atoms with Crippen molar-refractivity contribution >= 4 is 11.9 Å². The molecule has 5 heteroatoms. The lowest BCUT2D eigenvalue weighted by molar-refractivity contribution is -0.152. The average molecular weight is 353 g/mol. The number of ether oxygens (including phenoxy) is 1. The summed E-state index contributed by atoms with van der Waals surface area (Å²) in [6.45, 7) is 2.52. The molecule has 26 heavy (non-hydrogen) atoms. The van der Waals surface area contributed by atoms with Crippen LogP contribution in [-0.4, -0.2) is 23.6 Å². The van der Waals surface area contributed by atoms with Crippen molar-refractivity contribution in [2.24, 2.45) is 11.8 Å². The molecule has 0 aliphatic heterocycles. The number of amides is 1. The summed E-state index contributed by atoms with van der Waals surface area (Å²) in [5, 5.41) is 12.3. The third kappa shape index (κ3) is 3.87. The molecule has 2 aromatic rings. The second kappa shape index (κ2) is 8.04. The van der Waals surface area contributed by atoms with Crippen LogP contribution >= 0.6 is 0 Å². The lowest BCUT2D eigenvalue weighted by Gasteiger charge is -2.33. The van der Waals surface area contributed by atoms with E-state index in [0.717, 1.165) is 16.9 Å². The van der Waals surface area contributed by atoms with Gasteiger partial charge in [0.2, 0.25) is 5.91 Å². The number of nitrogens with one attached hydrogen (secondary N) is 1. The summed E-state index contributed by atoms with van der Waals surface area (Å²) in [6.07, 6.45) is 1.18. The summed E-state index contributed by atoms with van der Waals surface area (Å²) in [7, 11) is 0. The van der Waals surface area contributed by atoms with Gasteiger partial charge in [0.05, 0.1) is 24.5 Å². The number of benzene rings is 2. The molecule has 3 atom stereocenters. The zero-order valence-electron chi connectivity index (χ0n) is 14.7. The lowest BCUT2D eigenvalue weighted by Crippen LogP contribution is -2.45. The molecule has 0 saturated heterocycles. The highest BCUT2D eigenvalue weighted by molar-refractivity contribution is 5.86. The zero-order chi connectivity index (χ0) is 18.5. The average Bonchev–Trinajstić information content (AvgIpc) is 2.60. The number of aliphatic carboxylic acids is 1. The summed E-state index contributed by atoms with van der Waals surface area (Å²) < 4.78 is 5.48. The van der Waals surface area contributed by atoms with Crippen molar-refractivity contribution in [1.29, 1.82) is 0 Å². The predicted molar refractivity (Wildman–Crippen MR) is 97.9 cm³/mol. The SMILES string of the molecule is CCOc1ccc(C(NC(=O)C2CCC2C(=O)O)c2ccccc2)cc1. The molecular weight excluding hydrogens is 330 g/mol. The minimum atomic E-state index is -0.895. The number of rotatable bonds is 7. The number of hydrogen-bond acceptors (Lipinski definition) is 3. The van der Waals surface area contributed by atoms with Gasteiger partial charge in [-0.15, -0.1) is 0 Å².